The average Bonchev–Trinajstić information content (AvgIpc) is 3.34. The first-order valence-corrected chi connectivity index (χ1v) is 10.8. The van der Waals surface area contributed by atoms with Crippen molar-refractivity contribution in [3.63, 3.8) is 0 Å². The number of rotatable bonds is 2. The SMILES string of the molecule is O=C(c1cc2c(s1)-c1ccsc1CC2)N1CCN(c2ccccc2)CC1. The van der Waals surface area contributed by atoms with E-state index in [0.29, 0.717) is 0 Å². The van der Waals surface area contributed by atoms with E-state index < -0.39 is 0 Å². The number of piperazine rings is 1. The summed E-state index contributed by atoms with van der Waals surface area (Å²) in [4.78, 5) is 21.1. The number of benzene rings is 1. The Kier molecular flexibility index (Phi) is 4.06. The molecule has 1 aliphatic heterocycles. The number of amides is 1. The Balaban J connectivity index is 1.32. The van der Waals surface area contributed by atoms with Crippen LogP contribution in [0, 0.1) is 0 Å². The standard InChI is InChI=1S/C21H20N2OS2/c24-21(23-11-9-22(10-12-23)16-4-2-1-3-5-16)19-14-15-6-7-18-17(8-13-25-18)20(15)26-19/h1-5,8,13-14H,6-7,9-12H2. The van der Waals surface area contributed by atoms with Crippen LogP contribution in [-0.2, 0) is 12.8 Å². The lowest BCUT2D eigenvalue weighted by molar-refractivity contribution is 0.0751. The number of carbonyl (C=O) groups excluding carboxylic acids is 1. The monoisotopic (exact) mass is 380 g/mol. The molecule has 5 rings (SSSR count). The molecule has 3 aromatic rings. The van der Waals surface area contributed by atoms with Gasteiger partial charge in [-0.05, 0) is 48.1 Å². The van der Waals surface area contributed by atoms with Crippen LogP contribution in [0.3, 0.4) is 0 Å². The van der Waals surface area contributed by atoms with E-state index in [0.717, 1.165) is 43.9 Å². The Bertz CT molecular complexity index is 936. The van der Waals surface area contributed by atoms with Gasteiger partial charge in [-0.3, -0.25) is 4.79 Å². The first-order chi connectivity index (χ1) is 12.8. The fraction of sp³-hybridized carbons (Fsp3) is 0.286. The quantitative estimate of drug-likeness (QED) is 0.652. The van der Waals surface area contributed by atoms with Crippen molar-refractivity contribution >= 4 is 34.3 Å². The van der Waals surface area contributed by atoms with E-state index in [1.165, 1.54) is 26.6 Å². The zero-order valence-corrected chi connectivity index (χ0v) is 16.1. The first-order valence-electron chi connectivity index (χ1n) is 9.08. The Labute approximate surface area is 161 Å². The van der Waals surface area contributed by atoms with Gasteiger partial charge in [0.05, 0.1) is 4.88 Å². The minimum absolute atomic E-state index is 0.203. The molecule has 0 spiro atoms. The van der Waals surface area contributed by atoms with Gasteiger partial charge >= 0.3 is 0 Å². The number of carbonyl (C=O) groups is 1. The molecule has 3 nitrogen and oxygen atoms in total. The van der Waals surface area contributed by atoms with Crippen molar-refractivity contribution in [2.75, 3.05) is 31.1 Å². The zero-order valence-electron chi connectivity index (χ0n) is 14.5. The molecule has 5 heteroatoms. The summed E-state index contributed by atoms with van der Waals surface area (Å²) in [6.45, 7) is 3.38. The lowest BCUT2D eigenvalue weighted by Gasteiger charge is -2.36. The highest BCUT2D eigenvalue weighted by atomic mass is 32.1. The van der Waals surface area contributed by atoms with Crippen LogP contribution in [-0.4, -0.2) is 37.0 Å². The van der Waals surface area contributed by atoms with Crippen molar-refractivity contribution < 1.29 is 4.79 Å². The Morgan fingerprint density at radius 2 is 1.77 bits per heavy atom. The van der Waals surface area contributed by atoms with Crippen LogP contribution in [0.15, 0.2) is 47.8 Å². The third kappa shape index (κ3) is 2.75. The number of anilines is 1. The topological polar surface area (TPSA) is 23.6 Å². The summed E-state index contributed by atoms with van der Waals surface area (Å²) in [7, 11) is 0. The molecule has 1 fully saturated rings. The number of thiophene rings is 2. The van der Waals surface area contributed by atoms with E-state index in [4.69, 9.17) is 0 Å². The van der Waals surface area contributed by atoms with Crippen LogP contribution < -0.4 is 4.90 Å². The second-order valence-electron chi connectivity index (χ2n) is 6.84. The van der Waals surface area contributed by atoms with Gasteiger partial charge in [0, 0.05) is 47.2 Å². The van der Waals surface area contributed by atoms with Gasteiger partial charge in [-0.2, -0.15) is 0 Å². The van der Waals surface area contributed by atoms with Crippen LogP contribution in [0.2, 0.25) is 0 Å². The van der Waals surface area contributed by atoms with Crippen molar-refractivity contribution in [1.82, 2.24) is 4.90 Å². The van der Waals surface area contributed by atoms with Gasteiger partial charge in [0.1, 0.15) is 0 Å². The molecular weight excluding hydrogens is 360 g/mol. The Hall–Kier alpha value is -2.11. The first kappa shape index (κ1) is 16.1. The summed E-state index contributed by atoms with van der Waals surface area (Å²) in [6, 6.07) is 14.8. The number of hydrogen-bond donors (Lipinski definition) is 0. The van der Waals surface area contributed by atoms with Crippen LogP contribution in [0.5, 0.6) is 0 Å². The maximum Gasteiger partial charge on any atom is 0.264 e. The van der Waals surface area contributed by atoms with Gasteiger partial charge in [-0.25, -0.2) is 0 Å². The fourth-order valence-corrected chi connectivity index (χ4v) is 6.08. The summed E-state index contributed by atoms with van der Waals surface area (Å²) in [5, 5.41) is 2.17. The van der Waals surface area contributed by atoms with Gasteiger partial charge in [0.2, 0.25) is 0 Å². The maximum absolute atomic E-state index is 13.0. The summed E-state index contributed by atoms with van der Waals surface area (Å²) in [5.74, 6) is 0.203. The zero-order chi connectivity index (χ0) is 17.5. The van der Waals surface area contributed by atoms with Crippen molar-refractivity contribution in [3.05, 3.63) is 63.2 Å². The molecule has 26 heavy (non-hydrogen) atoms. The van der Waals surface area contributed by atoms with Crippen LogP contribution in [0.4, 0.5) is 5.69 Å². The molecule has 132 valence electrons. The molecule has 0 N–H and O–H groups in total. The Morgan fingerprint density at radius 3 is 2.58 bits per heavy atom. The van der Waals surface area contributed by atoms with Gasteiger partial charge in [0.25, 0.3) is 5.91 Å². The summed E-state index contributed by atoms with van der Waals surface area (Å²) >= 11 is 3.52. The summed E-state index contributed by atoms with van der Waals surface area (Å²) < 4.78 is 0. The molecule has 3 heterocycles. The molecular formula is C21H20N2OS2. The third-order valence-electron chi connectivity index (χ3n) is 5.32. The van der Waals surface area contributed by atoms with Crippen LogP contribution in [0.1, 0.15) is 20.1 Å². The van der Waals surface area contributed by atoms with Gasteiger partial charge < -0.3 is 9.80 Å². The highest BCUT2D eigenvalue weighted by Gasteiger charge is 2.27. The van der Waals surface area contributed by atoms with Crippen molar-refractivity contribution in [1.29, 1.82) is 0 Å². The number of para-hydroxylation sites is 1. The average molecular weight is 381 g/mol. The third-order valence-corrected chi connectivity index (χ3v) is 7.50. The highest BCUT2D eigenvalue weighted by Crippen LogP contribution is 2.42. The minimum Gasteiger partial charge on any atom is -0.368 e. The summed E-state index contributed by atoms with van der Waals surface area (Å²) in [5.41, 5.74) is 3.96. The number of aryl methyl sites for hydroxylation is 2. The number of hydrogen-bond acceptors (Lipinski definition) is 4. The predicted molar refractivity (Wildman–Crippen MR) is 110 cm³/mol. The predicted octanol–water partition coefficient (Wildman–Crippen LogP) is 4.54. The van der Waals surface area contributed by atoms with Gasteiger partial charge in [0.15, 0.2) is 0 Å². The molecule has 2 aromatic heterocycles. The van der Waals surface area contributed by atoms with E-state index in [-0.39, 0.29) is 5.91 Å². The van der Waals surface area contributed by atoms with Gasteiger partial charge in [-0.15, -0.1) is 22.7 Å². The van der Waals surface area contributed by atoms with E-state index in [1.54, 1.807) is 11.3 Å². The molecule has 0 saturated carbocycles. The highest BCUT2D eigenvalue weighted by molar-refractivity contribution is 7.18. The van der Waals surface area contributed by atoms with Crippen molar-refractivity contribution in [2.24, 2.45) is 0 Å². The minimum atomic E-state index is 0.203. The van der Waals surface area contributed by atoms with Crippen molar-refractivity contribution in [2.45, 2.75) is 12.8 Å². The van der Waals surface area contributed by atoms with Crippen LogP contribution >= 0.6 is 22.7 Å². The largest absolute Gasteiger partial charge is 0.368 e. The molecule has 0 bridgehead atoms. The second-order valence-corrected chi connectivity index (χ2v) is 8.89. The molecule has 2 aliphatic rings. The summed E-state index contributed by atoms with van der Waals surface area (Å²) in [6.07, 6.45) is 2.18. The molecule has 1 saturated heterocycles. The molecule has 0 radical (unpaired) electrons. The second kappa shape index (κ2) is 6.56. The smallest absolute Gasteiger partial charge is 0.264 e. The van der Waals surface area contributed by atoms with E-state index in [9.17, 15) is 4.79 Å². The molecule has 1 aliphatic carbocycles. The lowest BCUT2D eigenvalue weighted by Crippen LogP contribution is -2.48. The van der Waals surface area contributed by atoms with E-state index in [2.05, 4.69) is 46.7 Å². The lowest BCUT2D eigenvalue weighted by atomic mass is 9.98. The van der Waals surface area contributed by atoms with Crippen molar-refractivity contribution in [3.8, 4) is 10.4 Å². The van der Waals surface area contributed by atoms with Gasteiger partial charge in [-0.1, -0.05) is 18.2 Å². The Morgan fingerprint density at radius 1 is 0.962 bits per heavy atom. The van der Waals surface area contributed by atoms with E-state index >= 15 is 0 Å². The molecule has 1 aromatic carbocycles. The number of nitrogens with zero attached hydrogens (tertiary/aromatic N) is 2. The normalized spacial score (nSPS) is 16.3. The molecule has 0 unspecified atom stereocenters. The van der Waals surface area contributed by atoms with E-state index in [1.807, 2.05) is 22.3 Å². The number of fused-ring (bicyclic) bond motifs is 3. The maximum atomic E-state index is 13.0. The fourth-order valence-electron chi connectivity index (χ4n) is 3.89. The van der Waals surface area contributed by atoms with Crippen LogP contribution in [0.25, 0.3) is 10.4 Å². The molecule has 0 atom stereocenters. The molecule has 1 amide bonds.